The number of nitrogens with one attached hydrogen (secondary N) is 1. The number of aliphatic hydroxyl groups is 1. The number of esters is 1. The molecule has 1 fully saturated rings. The van der Waals surface area contributed by atoms with Crippen molar-refractivity contribution in [1.82, 2.24) is 19.6 Å². The number of carbonyl (C=O) groups is 1. The van der Waals surface area contributed by atoms with Crippen molar-refractivity contribution in [3.63, 3.8) is 0 Å². The van der Waals surface area contributed by atoms with Crippen LogP contribution in [-0.2, 0) is 30.0 Å². The van der Waals surface area contributed by atoms with Crippen LogP contribution in [-0.4, -0.2) is 56.1 Å². The van der Waals surface area contributed by atoms with E-state index in [4.69, 9.17) is 30.7 Å². The molecule has 248 valence electrons. The molecule has 1 aliphatic heterocycles. The highest BCUT2D eigenvalue weighted by Gasteiger charge is 2.56. The minimum absolute atomic E-state index is 0.00829. The summed E-state index contributed by atoms with van der Waals surface area (Å²) in [4.78, 5) is 21.1. The van der Waals surface area contributed by atoms with Crippen LogP contribution in [0.25, 0.3) is 21.8 Å². The Morgan fingerprint density at radius 3 is 2.69 bits per heavy atom. The molecule has 5 aromatic rings. The summed E-state index contributed by atoms with van der Waals surface area (Å²) in [6.45, 7) is 1.99. The van der Waals surface area contributed by atoms with E-state index >= 15 is 4.39 Å². The number of fused-ring (bicyclic) bond motifs is 2. The Morgan fingerprint density at radius 2 is 1.92 bits per heavy atom. The number of hydrogen-bond acceptors (Lipinski definition) is 10. The molecule has 12 nitrogen and oxygen atoms in total. The molecule has 6 atom stereocenters. The lowest BCUT2D eigenvalue weighted by Gasteiger charge is -2.25. The van der Waals surface area contributed by atoms with E-state index in [-0.39, 0.29) is 23.8 Å². The molecule has 6 rings (SSSR count). The van der Waals surface area contributed by atoms with Crippen LogP contribution in [0, 0.1) is 12.3 Å². The Bertz CT molecular complexity index is 2050. The normalized spacial score (nSPS) is 22.6. The Labute approximate surface area is 275 Å². The van der Waals surface area contributed by atoms with Crippen molar-refractivity contribution in [3.05, 3.63) is 96.4 Å². The highest BCUT2D eigenvalue weighted by Crippen LogP contribution is 2.49. The molecule has 3 heterocycles. The van der Waals surface area contributed by atoms with E-state index in [1.807, 2.05) is 36.4 Å². The fourth-order valence-corrected chi connectivity index (χ4v) is 7.08. The summed E-state index contributed by atoms with van der Waals surface area (Å²) in [6.07, 6.45) is 3.77. The number of rotatable bonds is 11. The number of nitrogens with two attached hydrogens (primary N) is 1. The van der Waals surface area contributed by atoms with E-state index in [1.54, 1.807) is 36.4 Å². The minimum Gasteiger partial charge on any atom is -0.460 e. The fourth-order valence-electron chi connectivity index (χ4n) is 5.56. The van der Waals surface area contributed by atoms with Gasteiger partial charge < -0.3 is 29.4 Å². The van der Waals surface area contributed by atoms with Gasteiger partial charge in [-0.25, -0.2) is 18.9 Å². The lowest BCUT2D eigenvalue weighted by Crippen LogP contribution is -2.41. The van der Waals surface area contributed by atoms with Crippen LogP contribution < -0.4 is 15.3 Å². The van der Waals surface area contributed by atoms with Gasteiger partial charge in [-0.15, -0.1) is 6.42 Å². The second kappa shape index (κ2) is 13.4. The first kappa shape index (κ1) is 33.1. The number of aromatic nitrogens is 3. The fraction of sp³-hybridized carbons (Fsp3) is 0.265. The summed E-state index contributed by atoms with van der Waals surface area (Å²) in [5.74, 6) is 2.06. The van der Waals surface area contributed by atoms with Crippen molar-refractivity contribution < 1.29 is 37.4 Å². The summed E-state index contributed by atoms with van der Waals surface area (Å²) >= 11 is 0. The number of benzene rings is 3. The molecule has 0 radical (unpaired) electrons. The number of terminal acetylenes is 1. The van der Waals surface area contributed by atoms with Gasteiger partial charge in [0, 0.05) is 11.6 Å². The SMILES string of the molecule is C#Cc1cn([C@@H]2O[C@H](COP(=O)(NC(C)C(=O)OCc3ccccc3)Oc3cccc4ccccc34)[C@@H](O)[C@@]2(C)F)c2ncnc(N)c12. The number of alkyl halides is 1. The Kier molecular flexibility index (Phi) is 9.20. The number of halogens is 1. The van der Waals surface area contributed by atoms with Gasteiger partial charge in [-0.2, -0.15) is 5.09 Å². The Balaban J connectivity index is 1.25. The largest absolute Gasteiger partial charge is 0.460 e. The highest BCUT2D eigenvalue weighted by atomic mass is 31.2. The molecular weight excluding hydrogens is 640 g/mol. The molecule has 0 aliphatic carbocycles. The number of ether oxygens (including phenoxy) is 2. The maximum atomic E-state index is 16.3. The van der Waals surface area contributed by atoms with E-state index in [1.165, 1.54) is 24.0 Å². The van der Waals surface area contributed by atoms with Gasteiger partial charge in [0.25, 0.3) is 0 Å². The van der Waals surface area contributed by atoms with E-state index in [0.717, 1.165) is 17.9 Å². The van der Waals surface area contributed by atoms with E-state index in [2.05, 4.69) is 21.0 Å². The van der Waals surface area contributed by atoms with Crippen LogP contribution in [0.5, 0.6) is 5.75 Å². The molecule has 14 heteroatoms. The van der Waals surface area contributed by atoms with Crippen LogP contribution in [0.2, 0.25) is 0 Å². The molecular formula is C34H33FN5O7P. The van der Waals surface area contributed by atoms with Gasteiger partial charge in [0.1, 0.15) is 48.4 Å². The zero-order chi connectivity index (χ0) is 34.1. The third kappa shape index (κ3) is 6.49. The number of nitrogens with zero attached hydrogens (tertiary/aromatic N) is 3. The number of hydrogen-bond donors (Lipinski definition) is 3. The highest BCUT2D eigenvalue weighted by molar-refractivity contribution is 7.52. The lowest BCUT2D eigenvalue weighted by atomic mass is 9.98. The van der Waals surface area contributed by atoms with Gasteiger partial charge in [-0.1, -0.05) is 72.7 Å². The average Bonchev–Trinajstić information content (AvgIpc) is 3.57. The van der Waals surface area contributed by atoms with Crippen molar-refractivity contribution in [2.75, 3.05) is 12.3 Å². The third-order valence-electron chi connectivity index (χ3n) is 8.07. The molecule has 2 unspecified atom stereocenters. The standard InChI is InChI=1S/C34H33FN5O7P/c1-4-23-17-40(31-28(23)30(36)37-20-38-31)33-34(3,35)29(41)27(46-33)19-45-48(43,47-26-16-10-14-24-13-8-9-15-25(24)26)39-21(2)32(42)44-18-22-11-6-5-7-12-22/h1,5-17,20-21,27,29,33,41H,18-19H2,2-3H3,(H,39,43)(H2,36,37,38)/t21?,27-,29-,33-,34-,48?/m1/s1. The molecule has 1 saturated heterocycles. The molecule has 2 aromatic heterocycles. The number of anilines is 1. The summed E-state index contributed by atoms with van der Waals surface area (Å²) in [5.41, 5.74) is 4.90. The summed E-state index contributed by atoms with van der Waals surface area (Å²) in [7, 11) is -4.45. The van der Waals surface area contributed by atoms with E-state index in [0.29, 0.717) is 16.3 Å². The van der Waals surface area contributed by atoms with Gasteiger partial charge in [0.15, 0.2) is 11.9 Å². The van der Waals surface area contributed by atoms with Crippen LogP contribution in [0.4, 0.5) is 10.2 Å². The maximum absolute atomic E-state index is 16.3. The van der Waals surface area contributed by atoms with Gasteiger partial charge in [0.2, 0.25) is 0 Å². The van der Waals surface area contributed by atoms with Crippen molar-refractivity contribution in [2.45, 2.75) is 50.6 Å². The third-order valence-corrected chi connectivity index (χ3v) is 9.70. The van der Waals surface area contributed by atoms with Crippen LogP contribution in [0.3, 0.4) is 0 Å². The number of aliphatic hydroxyl groups excluding tert-OH is 1. The molecule has 3 aromatic carbocycles. The van der Waals surface area contributed by atoms with Crippen molar-refractivity contribution in [1.29, 1.82) is 0 Å². The van der Waals surface area contributed by atoms with Crippen LogP contribution in [0.15, 0.2) is 85.3 Å². The summed E-state index contributed by atoms with van der Waals surface area (Å²) in [6, 6.07) is 20.3. The van der Waals surface area contributed by atoms with Gasteiger partial charge in [0.05, 0.1) is 17.6 Å². The summed E-state index contributed by atoms with van der Waals surface area (Å²) < 4.78 is 55.2. The lowest BCUT2D eigenvalue weighted by molar-refractivity contribution is -0.146. The van der Waals surface area contributed by atoms with Gasteiger partial charge in [-0.05, 0) is 30.9 Å². The molecule has 48 heavy (non-hydrogen) atoms. The predicted octanol–water partition coefficient (Wildman–Crippen LogP) is 5.06. The van der Waals surface area contributed by atoms with Crippen LogP contribution in [0.1, 0.15) is 31.2 Å². The smallest absolute Gasteiger partial charge is 0.459 e. The zero-order valence-electron chi connectivity index (χ0n) is 26.0. The monoisotopic (exact) mass is 673 g/mol. The topological polar surface area (TPSA) is 160 Å². The molecule has 0 saturated carbocycles. The number of nitrogen functional groups attached to an aromatic ring is 1. The summed E-state index contributed by atoms with van der Waals surface area (Å²) in [5, 5.41) is 15.5. The predicted molar refractivity (Wildman–Crippen MR) is 176 cm³/mol. The first-order valence-corrected chi connectivity index (χ1v) is 16.6. The number of carbonyl (C=O) groups excluding carboxylic acids is 1. The second-order valence-electron chi connectivity index (χ2n) is 11.5. The second-order valence-corrected chi connectivity index (χ2v) is 13.2. The van der Waals surface area contributed by atoms with Crippen molar-refractivity contribution in [3.8, 4) is 18.1 Å². The van der Waals surface area contributed by atoms with Gasteiger partial charge in [-0.3, -0.25) is 9.32 Å². The quantitative estimate of drug-likeness (QED) is 0.0977. The van der Waals surface area contributed by atoms with Crippen molar-refractivity contribution >= 4 is 41.3 Å². The Hall–Kier alpha value is -4.83. The van der Waals surface area contributed by atoms with Crippen molar-refractivity contribution in [2.24, 2.45) is 0 Å². The van der Waals surface area contributed by atoms with Gasteiger partial charge >= 0.3 is 13.7 Å². The molecule has 0 amide bonds. The minimum atomic E-state index is -4.45. The Morgan fingerprint density at radius 1 is 1.19 bits per heavy atom. The first-order valence-electron chi connectivity index (χ1n) is 15.0. The zero-order valence-corrected chi connectivity index (χ0v) is 26.9. The van der Waals surface area contributed by atoms with E-state index in [9.17, 15) is 14.5 Å². The molecule has 1 aliphatic rings. The molecule has 4 N–H and O–H groups in total. The molecule has 0 spiro atoms. The van der Waals surface area contributed by atoms with Crippen LogP contribution >= 0.6 is 7.75 Å². The first-order chi connectivity index (χ1) is 23.0. The maximum Gasteiger partial charge on any atom is 0.459 e. The van der Waals surface area contributed by atoms with E-state index < -0.39 is 50.5 Å². The molecule has 0 bridgehead atoms. The average molecular weight is 674 g/mol.